The van der Waals surface area contributed by atoms with Crippen LogP contribution in [0.4, 0.5) is 0 Å². The molecular formula is C16H30ClNO. The quantitative estimate of drug-likeness (QED) is 0.758. The van der Waals surface area contributed by atoms with Gasteiger partial charge in [0.05, 0.1) is 5.38 Å². The van der Waals surface area contributed by atoms with E-state index in [-0.39, 0.29) is 22.6 Å². The average Bonchev–Trinajstić information content (AvgIpc) is 2.23. The lowest BCUT2D eigenvalue weighted by molar-refractivity contribution is -0.125. The average molecular weight is 288 g/mol. The van der Waals surface area contributed by atoms with Gasteiger partial charge in [0, 0.05) is 12.5 Å². The second-order valence-electron chi connectivity index (χ2n) is 7.15. The molecule has 1 fully saturated rings. The minimum Gasteiger partial charge on any atom is -0.354 e. The number of hydrogen-bond donors (Lipinski definition) is 1. The lowest BCUT2D eigenvalue weighted by Gasteiger charge is -2.23. The van der Waals surface area contributed by atoms with Gasteiger partial charge < -0.3 is 5.32 Å². The number of halogens is 1. The maximum atomic E-state index is 12.2. The normalized spacial score (nSPS) is 20.4. The van der Waals surface area contributed by atoms with E-state index < -0.39 is 0 Å². The maximum absolute atomic E-state index is 12.2. The third-order valence-electron chi connectivity index (χ3n) is 3.81. The zero-order valence-electron chi connectivity index (χ0n) is 12.8. The van der Waals surface area contributed by atoms with Crippen LogP contribution in [0.3, 0.4) is 0 Å². The lowest BCUT2D eigenvalue weighted by Crippen LogP contribution is -2.36. The monoisotopic (exact) mass is 287 g/mol. The van der Waals surface area contributed by atoms with E-state index in [2.05, 4.69) is 26.1 Å². The van der Waals surface area contributed by atoms with Crippen molar-refractivity contribution in [2.24, 2.45) is 11.3 Å². The van der Waals surface area contributed by atoms with Crippen LogP contribution in [-0.2, 0) is 4.79 Å². The first-order valence-corrected chi connectivity index (χ1v) is 8.24. The summed E-state index contributed by atoms with van der Waals surface area (Å²) in [6, 6.07) is 0. The molecule has 1 amide bonds. The third kappa shape index (κ3) is 7.81. The fourth-order valence-corrected chi connectivity index (χ4v) is 3.35. The van der Waals surface area contributed by atoms with Gasteiger partial charge in [-0.05, 0) is 24.7 Å². The van der Waals surface area contributed by atoms with Crippen LogP contribution in [0.25, 0.3) is 0 Å². The lowest BCUT2D eigenvalue weighted by atomic mass is 9.89. The molecule has 0 radical (unpaired) electrons. The summed E-state index contributed by atoms with van der Waals surface area (Å²) < 4.78 is 0. The van der Waals surface area contributed by atoms with Crippen molar-refractivity contribution in [1.82, 2.24) is 5.32 Å². The van der Waals surface area contributed by atoms with E-state index >= 15 is 0 Å². The molecule has 1 unspecified atom stereocenters. The molecule has 0 aromatic rings. The predicted molar refractivity (Wildman–Crippen MR) is 82.5 cm³/mol. The molecule has 0 spiro atoms. The minimum atomic E-state index is 0.0394. The molecule has 1 aliphatic rings. The summed E-state index contributed by atoms with van der Waals surface area (Å²) in [4.78, 5) is 12.2. The zero-order chi connectivity index (χ0) is 14.3. The summed E-state index contributed by atoms with van der Waals surface area (Å²) in [5, 5.41) is 3.09. The molecule has 2 nitrogen and oxygen atoms in total. The Labute approximate surface area is 123 Å². The van der Waals surface area contributed by atoms with Gasteiger partial charge in [0.15, 0.2) is 0 Å². The summed E-state index contributed by atoms with van der Waals surface area (Å²) in [6.07, 6.45) is 9.34. The molecule has 3 heteroatoms. The van der Waals surface area contributed by atoms with Crippen molar-refractivity contribution in [3.05, 3.63) is 0 Å². The molecule has 0 heterocycles. The van der Waals surface area contributed by atoms with Crippen molar-refractivity contribution in [2.75, 3.05) is 6.54 Å². The van der Waals surface area contributed by atoms with Gasteiger partial charge in [0.2, 0.25) is 5.91 Å². The SMILES string of the molecule is CC(C)(C)CC(Cl)CNC(=O)C1CCCCCCC1. The van der Waals surface area contributed by atoms with Crippen LogP contribution < -0.4 is 5.32 Å². The number of rotatable bonds is 4. The van der Waals surface area contributed by atoms with Crippen molar-refractivity contribution in [1.29, 1.82) is 0 Å². The van der Waals surface area contributed by atoms with Crippen LogP contribution in [0.1, 0.15) is 72.1 Å². The molecule has 1 aliphatic carbocycles. The van der Waals surface area contributed by atoms with Crippen molar-refractivity contribution in [2.45, 2.75) is 77.5 Å². The molecule has 0 aliphatic heterocycles. The Morgan fingerprint density at radius 1 is 1.16 bits per heavy atom. The Balaban J connectivity index is 2.28. The van der Waals surface area contributed by atoms with Crippen molar-refractivity contribution < 1.29 is 4.79 Å². The Hall–Kier alpha value is -0.240. The van der Waals surface area contributed by atoms with Crippen molar-refractivity contribution in [3.63, 3.8) is 0 Å². The van der Waals surface area contributed by atoms with Gasteiger partial charge in [0.1, 0.15) is 0 Å². The van der Waals surface area contributed by atoms with E-state index in [1.807, 2.05) is 0 Å². The van der Waals surface area contributed by atoms with E-state index in [4.69, 9.17) is 11.6 Å². The van der Waals surface area contributed by atoms with E-state index in [1.165, 1.54) is 32.1 Å². The summed E-state index contributed by atoms with van der Waals surface area (Å²) in [5.41, 5.74) is 0.220. The highest BCUT2D eigenvalue weighted by Crippen LogP contribution is 2.24. The molecular weight excluding hydrogens is 258 g/mol. The van der Waals surface area contributed by atoms with E-state index in [0.717, 1.165) is 19.3 Å². The van der Waals surface area contributed by atoms with Gasteiger partial charge in [0.25, 0.3) is 0 Å². The molecule has 1 atom stereocenters. The van der Waals surface area contributed by atoms with E-state index in [9.17, 15) is 4.79 Å². The maximum Gasteiger partial charge on any atom is 0.223 e. The Bertz CT molecular complexity index is 264. The predicted octanol–water partition coefficient (Wildman–Crippen LogP) is 4.51. The fraction of sp³-hybridized carbons (Fsp3) is 0.938. The van der Waals surface area contributed by atoms with Crippen molar-refractivity contribution >= 4 is 17.5 Å². The minimum absolute atomic E-state index is 0.0394. The summed E-state index contributed by atoms with van der Waals surface area (Å²) in [7, 11) is 0. The number of hydrogen-bond acceptors (Lipinski definition) is 1. The standard InChI is InChI=1S/C16H30ClNO/c1-16(2,3)11-14(17)12-18-15(19)13-9-7-5-4-6-8-10-13/h13-14H,4-12H2,1-3H3,(H,18,19). The molecule has 1 N–H and O–H groups in total. The number of amides is 1. The highest BCUT2D eigenvalue weighted by atomic mass is 35.5. The second kappa shape index (κ2) is 8.14. The van der Waals surface area contributed by atoms with Crippen LogP contribution in [-0.4, -0.2) is 17.8 Å². The first-order valence-electron chi connectivity index (χ1n) is 7.80. The molecule has 19 heavy (non-hydrogen) atoms. The molecule has 0 saturated heterocycles. The molecule has 112 valence electrons. The Morgan fingerprint density at radius 3 is 2.21 bits per heavy atom. The summed E-state index contributed by atoms with van der Waals surface area (Å²) >= 11 is 6.29. The first-order chi connectivity index (χ1) is 8.88. The largest absolute Gasteiger partial charge is 0.354 e. The number of carbonyl (C=O) groups excluding carboxylic acids is 1. The first kappa shape index (κ1) is 16.8. The summed E-state index contributed by atoms with van der Waals surface area (Å²) in [6.45, 7) is 7.14. The third-order valence-corrected chi connectivity index (χ3v) is 4.12. The number of alkyl halides is 1. The second-order valence-corrected chi connectivity index (χ2v) is 7.77. The van der Waals surface area contributed by atoms with Gasteiger partial charge in [-0.25, -0.2) is 0 Å². The Kier molecular flexibility index (Phi) is 7.20. The van der Waals surface area contributed by atoms with Crippen molar-refractivity contribution in [3.8, 4) is 0 Å². The highest BCUT2D eigenvalue weighted by molar-refractivity contribution is 6.20. The molecule has 1 rings (SSSR count). The van der Waals surface area contributed by atoms with Crippen LogP contribution in [0.2, 0.25) is 0 Å². The topological polar surface area (TPSA) is 29.1 Å². The Morgan fingerprint density at radius 2 is 1.68 bits per heavy atom. The molecule has 0 aromatic heterocycles. The van der Waals surface area contributed by atoms with Gasteiger partial charge in [-0.15, -0.1) is 11.6 Å². The van der Waals surface area contributed by atoms with Gasteiger partial charge in [-0.1, -0.05) is 52.9 Å². The molecule has 0 aromatic carbocycles. The van der Waals surface area contributed by atoms with Crippen LogP contribution in [0.5, 0.6) is 0 Å². The molecule has 0 bridgehead atoms. The summed E-state index contributed by atoms with van der Waals surface area (Å²) in [5.74, 6) is 0.445. The van der Waals surface area contributed by atoms with E-state index in [0.29, 0.717) is 6.54 Å². The van der Waals surface area contributed by atoms with Gasteiger partial charge >= 0.3 is 0 Å². The van der Waals surface area contributed by atoms with E-state index in [1.54, 1.807) is 0 Å². The number of nitrogens with one attached hydrogen (secondary N) is 1. The van der Waals surface area contributed by atoms with Crippen LogP contribution in [0.15, 0.2) is 0 Å². The smallest absolute Gasteiger partial charge is 0.223 e. The van der Waals surface area contributed by atoms with Gasteiger partial charge in [-0.2, -0.15) is 0 Å². The van der Waals surface area contributed by atoms with Crippen LogP contribution >= 0.6 is 11.6 Å². The number of carbonyl (C=O) groups is 1. The highest BCUT2D eigenvalue weighted by Gasteiger charge is 2.21. The van der Waals surface area contributed by atoms with Crippen LogP contribution in [0, 0.1) is 11.3 Å². The fourth-order valence-electron chi connectivity index (χ4n) is 2.81. The molecule has 1 saturated carbocycles. The zero-order valence-corrected chi connectivity index (χ0v) is 13.6. The van der Waals surface area contributed by atoms with Gasteiger partial charge in [-0.3, -0.25) is 4.79 Å².